The van der Waals surface area contributed by atoms with Gasteiger partial charge in [0, 0.05) is 0 Å². The first-order valence-corrected chi connectivity index (χ1v) is 16.4. The van der Waals surface area contributed by atoms with Gasteiger partial charge in [-0.3, -0.25) is 8.97 Å². The van der Waals surface area contributed by atoms with Crippen LogP contribution in [0, 0.1) is 11.3 Å². The van der Waals surface area contributed by atoms with Gasteiger partial charge in [-0.25, -0.2) is 4.98 Å². The fraction of sp³-hybridized carbons (Fsp3) is 0. The van der Waals surface area contributed by atoms with Gasteiger partial charge in [-0.1, -0.05) is 115 Å². The van der Waals surface area contributed by atoms with Gasteiger partial charge in [-0.2, -0.15) is 5.26 Å². The lowest BCUT2D eigenvalue weighted by Gasteiger charge is -2.34. The number of para-hydroxylation sites is 2. The number of rotatable bonds is 5. The third-order valence-corrected chi connectivity index (χ3v) is 13.3. The minimum atomic E-state index is -2.72. The molecule has 0 aliphatic carbocycles. The van der Waals surface area contributed by atoms with Crippen LogP contribution in [0.4, 0.5) is 0 Å². The molecule has 0 atom stereocenters. The van der Waals surface area contributed by atoms with E-state index in [-0.39, 0.29) is 0 Å². The number of hydrogen-bond acceptors (Lipinski definition) is 2. The first-order valence-electron chi connectivity index (χ1n) is 14.4. The molecule has 2 heterocycles. The largest absolute Gasteiger partial charge is 0.278 e. The molecule has 5 heteroatoms. The predicted molar refractivity (Wildman–Crippen MR) is 178 cm³/mol. The van der Waals surface area contributed by atoms with Crippen molar-refractivity contribution in [2.45, 2.75) is 0 Å². The highest BCUT2D eigenvalue weighted by atomic mass is 28.3. The molecule has 2 aromatic heterocycles. The maximum atomic E-state index is 9.68. The minimum absolute atomic E-state index is 0.619. The second kappa shape index (κ2) is 9.99. The summed E-state index contributed by atoms with van der Waals surface area (Å²) in [6.07, 6.45) is 0. The topological polar surface area (TPSA) is 46.0 Å². The van der Waals surface area contributed by atoms with E-state index in [1.807, 2.05) is 30.3 Å². The Balaban J connectivity index is 1.53. The van der Waals surface area contributed by atoms with Crippen LogP contribution in [0.1, 0.15) is 5.56 Å². The van der Waals surface area contributed by atoms with E-state index < -0.39 is 8.07 Å². The first kappa shape index (κ1) is 25.0. The van der Waals surface area contributed by atoms with Crippen molar-refractivity contribution < 1.29 is 0 Å². The van der Waals surface area contributed by atoms with Crippen molar-refractivity contribution in [2.24, 2.45) is 0 Å². The van der Waals surface area contributed by atoms with Gasteiger partial charge >= 0.3 is 0 Å². The zero-order chi connectivity index (χ0) is 28.8. The summed E-state index contributed by atoms with van der Waals surface area (Å²) in [7, 11) is -2.72. The second-order valence-corrected chi connectivity index (χ2v) is 14.6. The van der Waals surface area contributed by atoms with Crippen molar-refractivity contribution in [2.75, 3.05) is 0 Å². The van der Waals surface area contributed by atoms with Gasteiger partial charge in [0.1, 0.15) is 0 Å². The van der Waals surface area contributed by atoms with Crippen molar-refractivity contribution in [3.63, 3.8) is 0 Å². The van der Waals surface area contributed by atoms with Gasteiger partial charge in [0.05, 0.1) is 39.4 Å². The molecule has 0 saturated heterocycles. The molecule has 0 bridgehead atoms. The predicted octanol–water partition coefficient (Wildman–Crippen LogP) is 5.68. The van der Waals surface area contributed by atoms with Crippen LogP contribution < -0.4 is 20.7 Å². The Bertz CT molecular complexity index is 2200. The van der Waals surface area contributed by atoms with Gasteiger partial charge in [0.25, 0.3) is 0 Å². The molecule has 0 fully saturated rings. The molecule has 8 aromatic rings. The van der Waals surface area contributed by atoms with E-state index in [1.54, 1.807) is 0 Å². The van der Waals surface area contributed by atoms with E-state index in [9.17, 15) is 5.26 Å². The lowest BCUT2D eigenvalue weighted by Crippen LogP contribution is -2.74. The van der Waals surface area contributed by atoms with Crippen LogP contribution >= 0.6 is 0 Å². The number of hydrogen-bond donors (Lipinski definition) is 0. The summed E-state index contributed by atoms with van der Waals surface area (Å²) in [5, 5.41) is 15.0. The van der Waals surface area contributed by atoms with Crippen LogP contribution in [0.2, 0.25) is 0 Å². The standard InChI is InChI=1S/C38H26N4Si/c39-27-28-13-12-14-29(25-28)41-36-24-23-33(26-37(36)42-35-22-11-10-21-34(35)40-38(41)42)43(30-15-4-1-5-16-30,31-17-6-2-7-18-31)32-19-8-3-9-20-32/h1-26H. The average Bonchev–Trinajstić information content (AvgIpc) is 3.61. The van der Waals surface area contributed by atoms with Crippen molar-refractivity contribution in [1.82, 2.24) is 14.0 Å². The molecule has 6 aromatic carbocycles. The zero-order valence-corrected chi connectivity index (χ0v) is 24.3. The number of benzene rings is 6. The Morgan fingerprint density at radius 2 is 1.12 bits per heavy atom. The molecule has 0 radical (unpaired) electrons. The highest BCUT2D eigenvalue weighted by Crippen LogP contribution is 2.29. The van der Waals surface area contributed by atoms with Crippen molar-refractivity contribution in [1.29, 1.82) is 5.26 Å². The summed E-state index contributed by atoms with van der Waals surface area (Å²) >= 11 is 0. The monoisotopic (exact) mass is 566 g/mol. The molecular weight excluding hydrogens is 541 g/mol. The fourth-order valence-electron chi connectivity index (χ4n) is 6.67. The molecule has 0 N–H and O–H groups in total. The molecule has 0 saturated carbocycles. The molecule has 0 aliphatic rings. The molecule has 4 nitrogen and oxygen atoms in total. The molecule has 0 unspecified atom stereocenters. The average molecular weight is 567 g/mol. The smallest absolute Gasteiger partial charge is 0.220 e. The second-order valence-electron chi connectivity index (χ2n) is 10.8. The number of fused-ring (bicyclic) bond motifs is 5. The molecular formula is C38H26N4Si. The van der Waals surface area contributed by atoms with Gasteiger partial charge in [0.15, 0.2) is 8.07 Å². The van der Waals surface area contributed by atoms with E-state index in [0.29, 0.717) is 5.56 Å². The normalized spacial score (nSPS) is 11.7. The molecule has 8 rings (SSSR count). The summed E-state index contributed by atoms with van der Waals surface area (Å²) in [6.45, 7) is 0. The summed E-state index contributed by atoms with van der Waals surface area (Å²) in [5.74, 6) is 0.829. The highest BCUT2D eigenvalue weighted by molar-refractivity contribution is 7.20. The maximum Gasteiger partial charge on any atom is 0.220 e. The third-order valence-electron chi connectivity index (χ3n) is 8.49. The van der Waals surface area contributed by atoms with Crippen LogP contribution in [0.15, 0.2) is 158 Å². The van der Waals surface area contributed by atoms with Gasteiger partial charge < -0.3 is 0 Å². The Kier molecular flexibility index (Phi) is 5.81. The van der Waals surface area contributed by atoms with Gasteiger partial charge in [-0.05, 0) is 63.2 Å². The lowest BCUT2D eigenvalue weighted by molar-refractivity contribution is 1.11. The van der Waals surface area contributed by atoms with Crippen LogP contribution in [0.5, 0.6) is 0 Å². The van der Waals surface area contributed by atoms with E-state index in [2.05, 4.69) is 142 Å². The summed E-state index contributed by atoms with van der Waals surface area (Å²) in [6, 6.07) is 58.2. The van der Waals surface area contributed by atoms with Crippen molar-refractivity contribution in [3.05, 3.63) is 163 Å². The zero-order valence-electron chi connectivity index (χ0n) is 23.3. The Morgan fingerprint density at radius 1 is 0.512 bits per heavy atom. The Labute approximate surface area is 250 Å². The Hall–Kier alpha value is -5.70. The maximum absolute atomic E-state index is 9.68. The molecule has 43 heavy (non-hydrogen) atoms. The summed E-state index contributed by atoms with van der Waals surface area (Å²) in [5.41, 5.74) is 5.66. The number of aromatic nitrogens is 3. The fourth-order valence-corrected chi connectivity index (χ4v) is 11.4. The minimum Gasteiger partial charge on any atom is -0.278 e. The molecule has 0 amide bonds. The van der Waals surface area contributed by atoms with E-state index in [0.717, 1.165) is 33.5 Å². The van der Waals surface area contributed by atoms with Gasteiger partial charge in [-0.15, -0.1) is 0 Å². The van der Waals surface area contributed by atoms with Crippen LogP contribution in [-0.4, -0.2) is 22.0 Å². The van der Waals surface area contributed by atoms with Crippen molar-refractivity contribution >= 4 is 56.7 Å². The van der Waals surface area contributed by atoms with E-state index in [4.69, 9.17) is 4.98 Å². The summed E-state index contributed by atoms with van der Waals surface area (Å²) in [4.78, 5) is 5.10. The number of nitriles is 1. The molecule has 0 aliphatic heterocycles. The van der Waals surface area contributed by atoms with Crippen molar-refractivity contribution in [3.8, 4) is 11.8 Å². The lowest BCUT2D eigenvalue weighted by atomic mass is 10.2. The van der Waals surface area contributed by atoms with Crippen LogP contribution in [0.25, 0.3) is 33.5 Å². The van der Waals surface area contributed by atoms with Gasteiger partial charge in [0.2, 0.25) is 5.78 Å². The Morgan fingerprint density at radius 3 is 1.74 bits per heavy atom. The SMILES string of the molecule is N#Cc1cccc(-n2c3ccc([Si](c4ccccc4)(c4ccccc4)c4ccccc4)cc3n3c4ccccc4nc23)c1. The highest BCUT2D eigenvalue weighted by Gasteiger charge is 2.41. The van der Waals surface area contributed by atoms with Crippen LogP contribution in [-0.2, 0) is 0 Å². The molecule has 0 spiro atoms. The number of nitrogens with zero attached hydrogens (tertiary/aromatic N) is 4. The quantitative estimate of drug-likeness (QED) is 0.199. The first-order chi connectivity index (χ1) is 21.3. The molecule has 202 valence electrons. The van der Waals surface area contributed by atoms with E-state index >= 15 is 0 Å². The van der Waals surface area contributed by atoms with E-state index in [1.165, 1.54) is 20.7 Å². The third kappa shape index (κ3) is 3.78. The van der Waals surface area contributed by atoms with Crippen LogP contribution in [0.3, 0.4) is 0 Å². The summed E-state index contributed by atoms with van der Waals surface area (Å²) < 4.78 is 4.45. The number of imidazole rings is 2.